The Bertz CT molecular complexity index is 663. The van der Waals surface area contributed by atoms with Gasteiger partial charge in [-0.15, -0.1) is 16.6 Å². The van der Waals surface area contributed by atoms with Crippen LogP contribution in [0.15, 0.2) is 28.6 Å². The number of benzene rings is 1. The van der Waals surface area contributed by atoms with Crippen molar-refractivity contribution in [3.8, 4) is 12.3 Å². The summed E-state index contributed by atoms with van der Waals surface area (Å²) >= 11 is 2.75. The van der Waals surface area contributed by atoms with E-state index in [0.717, 1.165) is 10.0 Å². The molecule has 0 radical (unpaired) electrons. The van der Waals surface area contributed by atoms with E-state index >= 15 is 0 Å². The van der Waals surface area contributed by atoms with E-state index in [1.807, 2.05) is 31.2 Å². The van der Waals surface area contributed by atoms with Crippen molar-refractivity contribution >= 4 is 39.8 Å². The van der Waals surface area contributed by atoms with Gasteiger partial charge in [-0.3, -0.25) is 4.79 Å². The Kier molecular flexibility index (Phi) is 5.60. The van der Waals surface area contributed by atoms with Gasteiger partial charge < -0.3 is 10.6 Å². The molecule has 2 aromatic rings. The molecule has 0 bridgehead atoms. The predicted octanol–water partition coefficient (Wildman–Crippen LogP) is 2.43. The molecule has 0 aliphatic rings. The van der Waals surface area contributed by atoms with Crippen molar-refractivity contribution in [3.63, 3.8) is 0 Å². The van der Waals surface area contributed by atoms with Gasteiger partial charge in [-0.1, -0.05) is 41.2 Å². The van der Waals surface area contributed by atoms with E-state index < -0.39 is 0 Å². The van der Waals surface area contributed by atoms with Crippen LogP contribution in [-0.4, -0.2) is 28.4 Å². The van der Waals surface area contributed by atoms with Crippen LogP contribution in [0.2, 0.25) is 0 Å². The first-order valence-corrected chi connectivity index (χ1v) is 7.98. The van der Waals surface area contributed by atoms with Crippen molar-refractivity contribution in [2.24, 2.45) is 0 Å². The first-order chi connectivity index (χ1) is 10.2. The van der Waals surface area contributed by atoms with Crippen molar-refractivity contribution in [1.29, 1.82) is 0 Å². The zero-order valence-electron chi connectivity index (χ0n) is 11.4. The molecule has 2 N–H and O–H groups in total. The normalized spacial score (nSPS) is 9.90. The maximum Gasteiger partial charge on any atom is 0.231 e. The lowest BCUT2D eigenvalue weighted by molar-refractivity contribution is -0.118. The van der Waals surface area contributed by atoms with Crippen molar-refractivity contribution < 1.29 is 4.79 Å². The average Bonchev–Trinajstić information content (AvgIpc) is 2.90. The number of amides is 1. The SMILES string of the molecule is C#CCNC(=O)CSc1nnc(Nc2cccc(C)c2)s1. The zero-order chi connectivity index (χ0) is 15.1. The van der Waals surface area contributed by atoms with Gasteiger partial charge in [0.2, 0.25) is 11.0 Å². The third kappa shape index (κ3) is 5.10. The summed E-state index contributed by atoms with van der Waals surface area (Å²) in [5, 5.41) is 14.6. The van der Waals surface area contributed by atoms with Crippen LogP contribution in [0.3, 0.4) is 0 Å². The minimum absolute atomic E-state index is 0.110. The molecule has 0 saturated carbocycles. The fourth-order valence-electron chi connectivity index (χ4n) is 1.49. The largest absolute Gasteiger partial charge is 0.344 e. The highest BCUT2D eigenvalue weighted by atomic mass is 32.2. The zero-order valence-corrected chi connectivity index (χ0v) is 13.1. The summed E-state index contributed by atoms with van der Waals surface area (Å²) in [6.45, 7) is 2.27. The smallest absolute Gasteiger partial charge is 0.231 e. The molecule has 1 heterocycles. The highest BCUT2D eigenvalue weighted by molar-refractivity contribution is 8.01. The Morgan fingerprint density at radius 1 is 1.48 bits per heavy atom. The van der Waals surface area contributed by atoms with Crippen LogP contribution in [0.5, 0.6) is 0 Å². The average molecular weight is 318 g/mol. The Balaban J connectivity index is 1.87. The molecule has 21 heavy (non-hydrogen) atoms. The van der Waals surface area contributed by atoms with Crippen LogP contribution in [0.25, 0.3) is 0 Å². The van der Waals surface area contributed by atoms with Crippen LogP contribution < -0.4 is 10.6 Å². The molecule has 5 nitrogen and oxygen atoms in total. The van der Waals surface area contributed by atoms with Gasteiger partial charge in [0.15, 0.2) is 4.34 Å². The summed E-state index contributed by atoms with van der Waals surface area (Å²) in [6.07, 6.45) is 5.07. The van der Waals surface area contributed by atoms with Gasteiger partial charge in [0.1, 0.15) is 0 Å². The number of thioether (sulfide) groups is 1. The van der Waals surface area contributed by atoms with Gasteiger partial charge >= 0.3 is 0 Å². The second-order valence-corrected chi connectivity index (χ2v) is 6.34. The Hall–Kier alpha value is -2.04. The molecule has 0 fully saturated rings. The van der Waals surface area contributed by atoms with Crippen molar-refractivity contribution in [2.45, 2.75) is 11.3 Å². The molecule has 0 aliphatic carbocycles. The Morgan fingerprint density at radius 3 is 3.10 bits per heavy atom. The third-order valence-electron chi connectivity index (χ3n) is 2.39. The van der Waals surface area contributed by atoms with Crippen LogP contribution in [-0.2, 0) is 4.79 Å². The maximum absolute atomic E-state index is 11.4. The Labute approximate surface area is 131 Å². The third-order valence-corrected chi connectivity index (χ3v) is 4.36. The molecule has 1 amide bonds. The highest BCUT2D eigenvalue weighted by Gasteiger charge is 2.08. The molecule has 1 aromatic heterocycles. The lowest BCUT2D eigenvalue weighted by atomic mass is 10.2. The maximum atomic E-state index is 11.4. The number of hydrogen-bond acceptors (Lipinski definition) is 6. The molecular weight excluding hydrogens is 304 g/mol. The van der Waals surface area contributed by atoms with E-state index in [9.17, 15) is 4.79 Å². The molecule has 0 unspecified atom stereocenters. The first kappa shape index (κ1) is 15.4. The lowest BCUT2D eigenvalue weighted by Gasteiger charge is -2.01. The molecule has 2 rings (SSSR count). The number of carbonyl (C=O) groups excluding carboxylic acids is 1. The predicted molar refractivity (Wildman–Crippen MR) is 86.9 cm³/mol. The lowest BCUT2D eigenvalue weighted by Crippen LogP contribution is -2.25. The summed E-state index contributed by atoms with van der Waals surface area (Å²) in [6, 6.07) is 8.00. The number of carbonyl (C=O) groups is 1. The second kappa shape index (κ2) is 7.67. The number of aromatic nitrogens is 2. The quantitative estimate of drug-likeness (QED) is 0.632. The van der Waals surface area contributed by atoms with E-state index in [0.29, 0.717) is 5.13 Å². The summed E-state index contributed by atoms with van der Waals surface area (Å²) < 4.78 is 0.737. The summed E-state index contributed by atoms with van der Waals surface area (Å²) in [7, 11) is 0. The highest BCUT2D eigenvalue weighted by Crippen LogP contribution is 2.27. The first-order valence-electron chi connectivity index (χ1n) is 6.17. The molecule has 0 saturated heterocycles. The van der Waals surface area contributed by atoms with Gasteiger partial charge in [0.05, 0.1) is 12.3 Å². The topological polar surface area (TPSA) is 66.9 Å². The molecule has 0 aliphatic heterocycles. The molecule has 1 aromatic carbocycles. The van der Waals surface area contributed by atoms with Gasteiger partial charge in [0, 0.05) is 5.69 Å². The van der Waals surface area contributed by atoms with Crippen LogP contribution in [0.1, 0.15) is 5.56 Å². The van der Waals surface area contributed by atoms with Crippen LogP contribution >= 0.6 is 23.1 Å². The van der Waals surface area contributed by atoms with Crippen LogP contribution in [0.4, 0.5) is 10.8 Å². The minimum atomic E-state index is -0.110. The van der Waals surface area contributed by atoms with Gasteiger partial charge in [-0.05, 0) is 24.6 Å². The molecule has 0 atom stereocenters. The van der Waals surface area contributed by atoms with Crippen LogP contribution in [0, 0.1) is 19.3 Å². The van der Waals surface area contributed by atoms with Crippen molar-refractivity contribution in [2.75, 3.05) is 17.6 Å². The van der Waals surface area contributed by atoms with Gasteiger partial charge in [-0.25, -0.2) is 0 Å². The Morgan fingerprint density at radius 2 is 2.33 bits per heavy atom. The summed E-state index contributed by atoms with van der Waals surface area (Å²) in [4.78, 5) is 11.4. The number of anilines is 2. The number of hydrogen-bond donors (Lipinski definition) is 2. The van der Waals surface area contributed by atoms with E-state index in [1.165, 1.54) is 28.7 Å². The molecule has 0 spiro atoms. The fourth-order valence-corrected chi connectivity index (χ4v) is 3.09. The van der Waals surface area contributed by atoms with E-state index in [1.54, 1.807) is 0 Å². The van der Waals surface area contributed by atoms with Crippen molar-refractivity contribution in [3.05, 3.63) is 29.8 Å². The molecule has 108 valence electrons. The van der Waals surface area contributed by atoms with E-state index in [-0.39, 0.29) is 18.2 Å². The molecule has 7 heteroatoms. The van der Waals surface area contributed by atoms with E-state index in [2.05, 4.69) is 26.8 Å². The second-order valence-electron chi connectivity index (χ2n) is 4.14. The standard InChI is InChI=1S/C14H14N4OS2/c1-3-7-15-12(19)9-20-14-18-17-13(21-14)16-11-6-4-5-10(2)8-11/h1,4-6,8H,7,9H2,2H3,(H,15,19)(H,16,17). The monoisotopic (exact) mass is 318 g/mol. The number of aryl methyl sites for hydroxylation is 1. The number of rotatable bonds is 6. The number of nitrogens with one attached hydrogen (secondary N) is 2. The van der Waals surface area contributed by atoms with Gasteiger partial charge in [0.25, 0.3) is 0 Å². The summed E-state index contributed by atoms with van der Waals surface area (Å²) in [5.41, 5.74) is 2.14. The number of terminal acetylenes is 1. The van der Waals surface area contributed by atoms with Crippen molar-refractivity contribution in [1.82, 2.24) is 15.5 Å². The fraction of sp³-hybridized carbons (Fsp3) is 0.214. The number of nitrogens with zero attached hydrogens (tertiary/aromatic N) is 2. The van der Waals surface area contributed by atoms with E-state index in [4.69, 9.17) is 6.42 Å². The minimum Gasteiger partial charge on any atom is -0.344 e. The molecular formula is C14H14N4OS2. The van der Waals surface area contributed by atoms with Gasteiger partial charge in [-0.2, -0.15) is 0 Å². The summed E-state index contributed by atoms with van der Waals surface area (Å²) in [5.74, 6) is 2.52.